The lowest BCUT2D eigenvalue weighted by Gasteiger charge is -2.10. The number of hydrogen-bond acceptors (Lipinski definition) is 4. The zero-order chi connectivity index (χ0) is 28.0. The zero-order valence-corrected chi connectivity index (χ0v) is 23.2. The van der Waals surface area contributed by atoms with Crippen LogP contribution in [0.3, 0.4) is 0 Å². The standard InChI is InChI=1S/C36H31N3O2/c1-26-8-3-4-12-35(26)39-33(19-14-27-13-15-28-9-7-10-30(28)22-27)23-31(38-39)18-16-29-17-20-34(24-36(29)40-2)41-25-32-11-5-6-21-37-32/h3-9,11-24H,10,25H2,1-2H3/b18-16+,19-14+. The predicted molar refractivity (Wildman–Crippen MR) is 167 cm³/mol. The summed E-state index contributed by atoms with van der Waals surface area (Å²) in [5.74, 6) is 1.45. The molecule has 0 radical (unpaired) electrons. The van der Waals surface area contributed by atoms with Crippen LogP contribution in [0.1, 0.15) is 44.9 Å². The van der Waals surface area contributed by atoms with Crippen LogP contribution in [0.25, 0.3) is 36.1 Å². The number of para-hydroxylation sites is 1. The van der Waals surface area contributed by atoms with Gasteiger partial charge in [0.15, 0.2) is 0 Å². The van der Waals surface area contributed by atoms with Gasteiger partial charge in [-0.25, -0.2) is 4.68 Å². The number of ether oxygens (including phenoxy) is 2. The van der Waals surface area contributed by atoms with E-state index >= 15 is 0 Å². The molecule has 0 bridgehead atoms. The van der Waals surface area contributed by atoms with Crippen molar-refractivity contribution >= 4 is 30.4 Å². The van der Waals surface area contributed by atoms with Crippen LogP contribution in [0.15, 0.2) is 97.2 Å². The molecular formula is C36H31N3O2. The van der Waals surface area contributed by atoms with E-state index in [0.717, 1.165) is 51.8 Å². The van der Waals surface area contributed by atoms with Gasteiger partial charge < -0.3 is 9.47 Å². The molecule has 5 nitrogen and oxygen atoms in total. The Balaban J connectivity index is 1.26. The highest BCUT2D eigenvalue weighted by Gasteiger charge is 2.10. The Kier molecular flexibility index (Phi) is 7.59. The minimum Gasteiger partial charge on any atom is -0.496 e. The van der Waals surface area contributed by atoms with Crippen LogP contribution in [0.5, 0.6) is 11.5 Å². The molecule has 0 N–H and O–H groups in total. The molecule has 0 saturated heterocycles. The maximum absolute atomic E-state index is 5.93. The molecule has 2 heterocycles. The van der Waals surface area contributed by atoms with Crippen LogP contribution < -0.4 is 9.47 Å². The van der Waals surface area contributed by atoms with E-state index in [9.17, 15) is 0 Å². The van der Waals surface area contributed by atoms with Crippen molar-refractivity contribution in [2.45, 2.75) is 20.0 Å². The molecular weight excluding hydrogens is 506 g/mol. The van der Waals surface area contributed by atoms with E-state index in [1.54, 1.807) is 13.3 Å². The van der Waals surface area contributed by atoms with Crippen LogP contribution in [0.2, 0.25) is 0 Å². The normalized spacial score (nSPS) is 12.3. The van der Waals surface area contributed by atoms with Gasteiger partial charge in [-0.05, 0) is 90.2 Å². The fourth-order valence-corrected chi connectivity index (χ4v) is 4.91. The fourth-order valence-electron chi connectivity index (χ4n) is 4.91. The molecule has 6 rings (SSSR count). The predicted octanol–water partition coefficient (Wildman–Crippen LogP) is 8.07. The lowest BCUT2D eigenvalue weighted by atomic mass is 10.1. The van der Waals surface area contributed by atoms with Gasteiger partial charge in [0, 0.05) is 17.8 Å². The summed E-state index contributed by atoms with van der Waals surface area (Å²) in [6, 6.07) is 28.6. The molecule has 0 aliphatic heterocycles. The van der Waals surface area contributed by atoms with Crippen LogP contribution in [-0.2, 0) is 13.0 Å². The summed E-state index contributed by atoms with van der Waals surface area (Å²) in [5, 5.41) is 4.96. The molecule has 0 atom stereocenters. The topological polar surface area (TPSA) is 49.2 Å². The van der Waals surface area contributed by atoms with Crippen molar-refractivity contribution in [1.29, 1.82) is 0 Å². The largest absolute Gasteiger partial charge is 0.496 e. The first-order valence-electron chi connectivity index (χ1n) is 13.7. The van der Waals surface area contributed by atoms with Crippen molar-refractivity contribution in [3.8, 4) is 17.2 Å². The molecule has 0 saturated carbocycles. The maximum Gasteiger partial charge on any atom is 0.130 e. The van der Waals surface area contributed by atoms with E-state index in [-0.39, 0.29) is 0 Å². The number of aromatic nitrogens is 3. The SMILES string of the molecule is COc1cc(OCc2ccccn2)ccc1/C=C/c1cc(/C=C/c2ccc3c(c2)CC=C3)n(-c2ccccc2C)n1. The Morgan fingerprint density at radius 3 is 2.63 bits per heavy atom. The number of nitrogens with zero attached hydrogens (tertiary/aromatic N) is 3. The van der Waals surface area contributed by atoms with E-state index in [1.165, 1.54) is 16.7 Å². The Bertz CT molecular complexity index is 1760. The quantitative estimate of drug-likeness (QED) is 0.191. The third-order valence-electron chi connectivity index (χ3n) is 7.10. The minimum atomic E-state index is 0.397. The minimum absolute atomic E-state index is 0.397. The molecule has 0 amide bonds. The number of benzene rings is 3. The number of allylic oxidation sites excluding steroid dienone is 1. The number of aryl methyl sites for hydroxylation is 1. The van der Waals surface area contributed by atoms with Crippen molar-refractivity contribution in [2.75, 3.05) is 7.11 Å². The third kappa shape index (κ3) is 6.04. The summed E-state index contributed by atoms with van der Waals surface area (Å²) < 4.78 is 13.6. The lowest BCUT2D eigenvalue weighted by Crippen LogP contribution is -2.01. The Morgan fingerprint density at radius 1 is 0.878 bits per heavy atom. The van der Waals surface area contributed by atoms with Crippen molar-refractivity contribution in [1.82, 2.24) is 14.8 Å². The Labute approximate surface area is 240 Å². The van der Waals surface area contributed by atoms with Gasteiger partial charge in [0.2, 0.25) is 0 Å². The Morgan fingerprint density at radius 2 is 1.78 bits per heavy atom. The van der Waals surface area contributed by atoms with Gasteiger partial charge in [0.05, 0.1) is 29.9 Å². The second-order valence-electron chi connectivity index (χ2n) is 9.94. The molecule has 1 aliphatic carbocycles. The van der Waals surface area contributed by atoms with Crippen molar-refractivity contribution < 1.29 is 9.47 Å². The summed E-state index contributed by atoms with van der Waals surface area (Å²) in [6.45, 7) is 2.50. The second-order valence-corrected chi connectivity index (χ2v) is 9.94. The number of rotatable bonds is 9. The highest BCUT2D eigenvalue weighted by atomic mass is 16.5. The molecule has 5 aromatic rings. The van der Waals surface area contributed by atoms with Gasteiger partial charge in [-0.3, -0.25) is 4.98 Å². The molecule has 41 heavy (non-hydrogen) atoms. The first kappa shape index (κ1) is 26.1. The monoisotopic (exact) mass is 537 g/mol. The van der Waals surface area contributed by atoms with Gasteiger partial charge in [0.25, 0.3) is 0 Å². The maximum atomic E-state index is 5.93. The van der Waals surface area contributed by atoms with E-state index in [2.05, 4.69) is 72.6 Å². The molecule has 0 fully saturated rings. The van der Waals surface area contributed by atoms with Crippen molar-refractivity contribution in [3.05, 3.63) is 142 Å². The van der Waals surface area contributed by atoms with E-state index < -0.39 is 0 Å². The number of hydrogen-bond donors (Lipinski definition) is 0. The summed E-state index contributed by atoms with van der Waals surface area (Å²) in [4.78, 5) is 4.31. The van der Waals surface area contributed by atoms with Crippen molar-refractivity contribution in [3.63, 3.8) is 0 Å². The molecule has 202 valence electrons. The van der Waals surface area contributed by atoms with Gasteiger partial charge in [-0.15, -0.1) is 0 Å². The number of methoxy groups -OCH3 is 1. The summed E-state index contributed by atoms with van der Waals surface area (Å²) in [6.07, 6.45) is 15.5. The first-order chi connectivity index (χ1) is 20.2. The summed E-state index contributed by atoms with van der Waals surface area (Å²) in [7, 11) is 1.67. The molecule has 0 unspecified atom stereocenters. The average molecular weight is 538 g/mol. The van der Waals surface area contributed by atoms with Crippen LogP contribution >= 0.6 is 0 Å². The van der Waals surface area contributed by atoms with E-state index in [0.29, 0.717) is 6.61 Å². The summed E-state index contributed by atoms with van der Waals surface area (Å²) >= 11 is 0. The van der Waals surface area contributed by atoms with Crippen LogP contribution in [0.4, 0.5) is 0 Å². The summed E-state index contributed by atoms with van der Waals surface area (Å²) in [5.41, 5.74) is 9.73. The average Bonchev–Trinajstić information content (AvgIpc) is 3.65. The molecule has 1 aliphatic rings. The van der Waals surface area contributed by atoms with Crippen molar-refractivity contribution in [2.24, 2.45) is 0 Å². The zero-order valence-electron chi connectivity index (χ0n) is 23.2. The number of fused-ring (bicyclic) bond motifs is 1. The fraction of sp³-hybridized carbons (Fsp3) is 0.111. The van der Waals surface area contributed by atoms with E-state index in [4.69, 9.17) is 14.6 Å². The molecule has 2 aromatic heterocycles. The van der Waals surface area contributed by atoms with Gasteiger partial charge in [-0.2, -0.15) is 5.10 Å². The molecule has 5 heteroatoms. The molecule has 3 aromatic carbocycles. The molecule has 0 spiro atoms. The first-order valence-corrected chi connectivity index (χ1v) is 13.7. The van der Waals surface area contributed by atoms with Crippen LogP contribution in [0, 0.1) is 6.92 Å². The lowest BCUT2D eigenvalue weighted by molar-refractivity contribution is 0.299. The Hall–Kier alpha value is -5.16. The van der Waals surface area contributed by atoms with Gasteiger partial charge >= 0.3 is 0 Å². The highest BCUT2D eigenvalue weighted by molar-refractivity contribution is 5.76. The van der Waals surface area contributed by atoms with Gasteiger partial charge in [0.1, 0.15) is 18.1 Å². The van der Waals surface area contributed by atoms with E-state index in [1.807, 2.05) is 65.4 Å². The second kappa shape index (κ2) is 11.9. The van der Waals surface area contributed by atoms with Gasteiger partial charge in [-0.1, -0.05) is 60.7 Å². The smallest absolute Gasteiger partial charge is 0.130 e. The number of pyridine rings is 1. The van der Waals surface area contributed by atoms with Crippen LogP contribution in [-0.4, -0.2) is 21.9 Å². The third-order valence-corrected chi connectivity index (χ3v) is 7.10. The highest BCUT2D eigenvalue weighted by Crippen LogP contribution is 2.28.